The molecule has 22 heavy (non-hydrogen) atoms. The van der Waals surface area contributed by atoms with E-state index in [0.29, 0.717) is 17.1 Å². The Morgan fingerprint density at radius 1 is 1.18 bits per heavy atom. The number of hydrogen-bond acceptors (Lipinski definition) is 4. The first-order valence-corrected chi connectivity index (χ1v) is 7.41. The Kier molecular flexibility index (Phi) is 3.66. The molecule has 5 heteroatoms. The number of hydrogen-bond donors (Lipinski definition) is 1. The monoisotopic (exact) mass is 360 g/mol. The Labute approximate surface area is 135 Å². The van der Waals surface area contributed by atoms with Gasteiger partial charge in [-0.3, -0.25) is 4.79 Å². The maximum Gasteiger partial charge on any atom is 0.197 e. The van der Waals surface area contributed by atoms with E-state index in [1.54, 1.807) is 13.0 Å². The zero-order valence-corrected chi connectivity index (χ0v) is 13.6. The van der Waals surface area contributed by atoms with Gasteiger partial charge in [0.2, 0.25) is 0 Å². The minimum absolute atomic E-state index is 0.0492. The van der Waals surface area contributed by atoms with Crippen LogP contribution < -0.4 is 10.2 Å². The summed E-state index contributed by atoms with van der Waals surface area (Å²) in [4.78, 5) is 12.4. The van der Waals surface area contributed by atoms with Crippen LogP contribution in [0.5, 0.6) is 11.5 Å². The Morgan fingerprint density at radius 2 is 1.86 bits per heavy atom. The topological polar surface area (TPSA) is 59.7 Å². The molecule has 0 spiro atoms. The number of phenols is 1. The average molecular weight is 361 g/mol. The lowest BCUT2D eigenvalue weighted by atomic mass is 10.1. The molecule has 0 atom stereocenters. The quantitative estimate of drug-likeness (QED) is 0.742. The van der Waals surface area contributed by atoms with Gasteiger partial charge in [0, 0.05) is 16.1 Å². The number of benzene rings is 2. The van der Waals surface area contributed by atoms with Gasteiger partial charge in [-0.15, -0.1) is 0 Å². The fraction of sp³-hybridized carbons (Fsp3) is 0.118. The number of halogens is 1. The van der Waals surface area contributed by atoms with Crippen molar-refractivity contribution in [3.63, 3.8) is 0 Å². The molecule has 0 amide bonds. The van der Waals surface area contributed by atoms with E-state index in [1.165, 1.54) is 13.2 Å². The zero-order valence-electron chi connectivity index (χ0n) is 12.0. The van der Waals surface area contributed by atoms with Gasteiger partial charge < -0.3 is 14.3 Å². The average Bonchev–Trinajstić information content (AvgIpc) is 2.51. The third-order valence-corrected chi connectivity index (χ3v) is 4.01. The molecule has 3 aromatic rings. The van der Waals surface area contributed by atoms with Crippen LogP contribution in [0.4, 0.5) is 0 Å². The number of rotatable bonds is 2. The van der Waals surface area contributed by atoms with Gasteiger partial charge in [-0.2, -0.15) is 0 Å². The summed E-state index contributed by atoms with van der Waals surface area (Å²) in [5, 5.41) is 10.5. The molecular weight excluding hydrogens is 348 g/mol. The third-order valence-electron chi connectivity index (χ3n) is 3.48. The van der Waals surface area contributed by atoms with E-state index in [0.717, 1.165) is 10.0 Å². The van der Waals surface area contributed by atoms with E-state index in [2.05, 4.69) is 15.9 Å². The van der Waals surface area contributed by atoms with Crippen molar-refractivity contribution in [1.82, 2.24) is 0 Å². The molecule has 3 rings (SSSR count). The summed E-state index contributed by atoms with van der Waals surface area (Å²) < 4.78 is 11.9. The summed E-state index contributed by atoms with van der Waals surface area (Å²) in [6.07, 6.45) is 0. The van der Waals surface area contributed by atoms with Crippen LogP contribution in [0.25, 0.3) is 22.3 Å². The zero-order chi connectivity index (χ0) is 15.9. The normalized spacial score (nSPS) is 10.9. The van der Waals surface area contributed by atoms with Gasteiger partial charge >= 0.3 is 0 Å². The predicted molar refractivity (Wildman–Crippen MR) is 88.6 cm³/mol. The van der Waals surface area contributed by atoms with Crippen molar-refractivity contribution in [3.8, 4) is 22.8 Å². The summed E-state index contributed by atoms with van der Waals surface area (Å²) in [5.74, 6) is 0.737. The first-order chi connectivity index (χ1) is 10.5. The number of aryl methyl sites for hydroxylation is 1. The Morgan fingerprint density at radius 3 is 2.50 bits per heavy atom. The summed E-state index contributed by atoms with van der Waals surface area (Å²) in [6, 6.07) is 10.4. The first kappa shape index (κ1) is 14.7. The van der Waals surface area contributed by atoms with Gasteiger partial charge in [0.1, 0.15) is 16.9 Å². The van der Waals surface area contributed by atoms with Crippen molar-refractivity contribution in [3.05, 3.63) is 56.7 Å². The van der Waals surface area contributed by atoms with Crippen LogP contribution in [0.1, 0.15) is 5.56 Å². The minimum Gasteiger partial charge on any atom is -0.504 e. The molecule has 1 N–H and O–H groups in total. The molecule has 4 nitrogen and oxygen atoms in total. The van der Waals surface area contributed by atoms with E-state index in [-0.39, 0.29) is 22.1 Å². The summed E-state index contributed by atoms with van der Waals surface area (Å²) in [6.45, 7) is 1.73. The number of fused-ring (bicyclic) bond motifs is 1. The molecule has 0 radical (unpaired) electrons. The summed E-state index contributed by atoms with van der Waals surface area (Å²) in [7, 11) is 1.48. The second-order valence-corrected chi connectivity index (χ2v) is 5.85. The molecule has 1 aromatic heterocycles. The van der Waals surface area contributed by atoms with Gasteiger partial charge in [0.05, 0.1) is 7.11 Å². The molecule has 0 saturated heterocycles. The SMILES string of the molecule is COc1cc(C)c(O)c2oc(-c3ccc(Br)cc3)cc(=O)c12. The Balaban J connectivity index is 2.35. The highest BCUT2D eigenvalue weighted by Crippen LogP contribution is 2.35. The number of phenolic OH excluding ortho intramolecular Hbond substituents is 1. The highest BCUT2D eigenvalue weighted by Gasteiger charge is 2.17. The maximum absolute atomic E-state index is 12.4. The molecule has 0 fully saturated rings. The van der Waals surface area contributed by atoms with Crippen molar-refractivity contribution in [2.45, 2.75) is 6.92 Å². The van der Waals surface area contributed by atoms with Crippen molar-refractivity contribution in [1.29, 1.82) is 0 Å². The van der Waals surface area contributed by atoms with E-state index in [9.17, 15) is 9.90 Å². The standard InChI is InChI=1S/C17H13BrO4/c1-9-7-14(21-2)15-12(19)8-13(22-17(15)16(9)20)10-3-5-11(18)6-4-10/h3-8,20H,1-2H3. The fourth-order valence-corrected chi connectivity index (χ4v) is 2.59. The van der Waals surface area contributed by atoms with Crippen molar-refractivity contribution >= 4 is 26.9 Å². The van der Waals surface area contributed by atoms with Gasteiger partial charge in [-0.05, 0) is 30.7 Å². The molecule has 112 valence electrons. The summed E-state index contributed by atoms with van der Waals surface area (Å²) >= 11 is 3.36. The van der Waals surface area contributed by atoms with Gasteiger partial charge in [-0.1, -0.05) is 28.1 Å². The molecule has 0 aliphatic heterocycles. The molecule has 1 heterocycles. The molecule has 0 bridgehead atoms. The highest BCUT2D eigenvalue weighted by atomic mass is 79.9. The highest BCUT2D eigenvalue weighted by molar-refractivity contribution is 9.10. The molecule has 0 aliphatic carbocycles. The number of ether oxygens (including phenoxy) is 1. The number of methoxy groups -OCH3 is 1. The smallest absolute Gasteiger partial charge is 0.197 e. The van der Waals surface area contributed by atoms with Crippen molar-refractivity contribution in [2.24, 2.45) is 0 Å². The minimum atomic E-state index is -0.258. The number of aromatic hydroxyl groups is 1. The van der Waals surface area contributed by atoms with Gasteiger partial charge in [0.15, 0.2) is 16.8 Å². The maximum atomic E-state index is 12.4. The van der Waals surface area contributed by atoms with Crippen LogP contribution >= 0.6 is 15.9 Å². The van der Waals surface area contributed by atoms with E-state index >= 15 is 0 Å². The third kappa shape index (κ3) is 2.37. The van der Waals surface area contributed by atoms with Crippen molar-refractivity contribution < 1.29 is 14.3 Å². The van der Waals surface area contributed by atoms with Gasteiger partial charge in [0.25, 0.3) is 0 Å². The van der Waals surface area contributed by atoms with E-state index < -0.39 is 0 Å². The molecular formula is C17H13BrO4. The van der Waals surface area contributed by atoms with Crippen LogP contribution in [-0.2, 0) is 0 Å². The van der Waals surface area contributed by atoms with Crippen LogP contribution in [-0.4, -0.2) is 12.2 Å². The van der Waals surface area contributed by atoms with E-state index in [4.69, 9.17) is 9.15 Å². The lowest BCUT2D eigenvalue weighted by Gasteiger charge is -2.10. The molecule has 0 saturated carbocycles. The van der Waals surface area contributed by atoms with Crippen LogP contribution in [0.15, 0.2) is 50.1 Å². The van der Waals surface area contributed by atoms with Crippen LogP contribution in [0, 0.1) is 6.92 Å². The van der Waals surface area contributed by atoms with Crippen LogP contribution in [0.2, 0.25) is 0 Å². The first-order valence-electron chi connectivity index (χ1n) is 6.61. The lowest BCUT2D eigenvalue weighted by molar-refractivity contribution is 0.414. The largest absolute Gasteiger partial charge is 0.504 e. The van der Waals surface area contributed by atoms with Gasteiger partial charge in [-0.25, -0.2) is 0 Å². The lowest BCUT2D eigenvalue weighted by Crippen LogP contribution is -2.03. The predicted octanol–water partition coefficient (Wildman–Crippen LogP) is 4.25. The second-order valence-electron chi connectivity index (χ2n) is 4.93. The Hall–Kier alpha value is -2.27. The summed E-state index contributed by atoms with van der Waals surface area (Å²) in [5.41, 5.74) is 1.22. The Bertz CT molecular complexity index is 911. The molecule has 0 unspecified atom stereocenters. The fourth-order valence-electron chi connectivity index (χ4n) is 2.33. The van der Waals surface area contributed by atoms with Crippen molar-refractivity contribution in [2.75, 3.05) is 7.11 Å². The second kappa shape index (κ2) is 5.50. The molecule has 2 aromatic carbocycles. The molecule has 0 aliphatic rings. The van der Waals surface area contributed by atoms with Crippen LogP contribution in [0.3, 0.4) is 0 Å². The van der Waals surface area contributed by atoms with E-state index in [1.807, 2.05) is 24.3 Å².